The molecule has 4 aromatic carbocycles. The van der Waals surface area contributed by atoms with Gasteiger partial charge in [0.25, 0.3) is 0 Å². The molecule has 188 valence electrons. The molecule has 0 unspecified atom stereocenters. The van der Waals surface area contributed by atoms with Gasteiger partial charge in [-0.25, -0.2) is 0 Å². The molecule has 6 rings (SSSR count). The Morgan fingerprint density at radius 2 is 1.34 bits per heavy atom. The van der Waals surface area contributed by atoms with E-state index in [1.54, 1.807) is 13.3 Å². The highest BCUT2D eigenvalue weighted by atomic mass is 16.5. The maximum atomic E-state index is 5.69. The molecule has 0 saturated heterocycles. The first-order valence-corrected chi connectivity index (χ1v) is 12.5. The van der Waals surface area contributed by atoms with Crippen molar-refractivity contribution in [2.24, 2.45) is 0 Å². The molecular formula is C33H30N4O. The molecule has 38 heavy (non-hydrogen) atoms. The Bertz CT molecular complexity index is 1670. The van der Waals surface area contributed by atoms with Crippen LogP contribution in [0.15, 0.2) is 116 Å². The molecule has 3 N–H and O–H groups in total. The monoisotopic (exact) mass is 498 g/mol. The minimum Gasteiger partial charge on any atom is -0.496 e. The number of anilines is 2. The number of aryl methyl sites for hydroxylation is 1. The second-order valence-corrected chi connectivity index (χ2v) is 9.09. The first kappa shape index (κ1) is 24.8. The highest BCUT2D eigenvalue weighted by molar-refractivity contribution is 5.93. The number of nitrogens with zero attached hydrogens (tertiary/aromatic N) is 2. The topological polar surface area (TPSA) is 73.1 Å². The first-order chi connectivity index (χ1) is 18.6. The molecule has 0 amide bonds. The number of ether oxygens (including phenoxy) is 1. The lowest BCUT2D eigenvalue weighted by Crippen LogP contribution is -2.00. The smallest absolute Gasteiger partial charge is 0.121 e. The van der Waals surface area contributed by atoms with Gasteiger partial charge in [-0.15, -0.1) is 0 Å². The van der Waals surface area contributed by atoms with Crippen LogP contribution >= 0.6 is 0 Å². The number of hydrogen-bond donors (Lipinski definition) is 2. The third-order valence-electron chi connectivity index (χ3n) is 6.53. The fourth-order valence-electron chi connectivity index (χ4n) is 4.47. The second-order valence-electron chi connectivity index (χ2n) is 9.09. The predicted molar refractivity (Wildman–Crippen MR) is 158 cm³/mol. The number of methoxy groups -OCH3 is 1. The SMILES string of the molecule is COc1ccc(-c2ccc(CNc3cncc4ccccc34)cc2)cc1C.Nc1cncc2ccccc12. The Balaban J connectivity index is 0.000000222. The molecule has 6 aromatic rings. The summed E-state index contributed by atoms with van der Waals surface area (Å²) in [6.07, 6.45) is 7.26. The summed E-state index contributed by atoms with van der Waals surface area (Å²) in [7, 11) is 1.70. The van der Waals surface area contributed by atoms with Crippen molar-refractivity contribution in [2.75, 3.05) is 18.2 Å². The van der Waals surface area contributed by atoms with Gasteiger partial charge in [0.1, 0.15) is 5.75 Å². The zero-order chi connectivity index (χ0) is 26.3. The molecule has 2 aromatic heterocycles. The van der Waals surface area contributed by atoms with Crippen LogP contribution in [0, 0.1) is 6.92 Å². The van der Waals surface area contributed by atoms with Gasteiger partial charge in [-0.3, -0.25) is 9.97 Å². The van der Waals surface area contributed by atoms with E-state index in [9.17, 15) is 0 Å². The summed E-state index contributed by atoms with van der Waals surface area (Å²) in [5.74, 6) is 0.920. The molecule has 0 aliphatic rings. The first-order valence-electron chi connectivity index (χ1n) is 12.5. The Morgan fingerprint density at radius 1 is 0.711 bits per heavy atom. The number of fused-ring (bicyclic) bond motifs is 2. The summed E-state index contributed by atoms with van der Waals surface area (Å²) in [4.78, 5) is 8.32. The maximum Gasteiger partial charge on any atom is 0.121 e. The van der Waals surface area contributed by atoms with Crippen LogP contribution in [0.2, 0.25) is 0 Å². The number of nitrogen functional groups attached to an aromatic ring is 1. The summed E-state index contributed by atoms with van der Waals surface area (Å²) in [6.45, 7) is 2.83. The summed E-state index contributed by atoms with van der Waals surface area (Å²) < 4.78 is 5.35. The van der Waals surface area contributed by atoms with Crippen LogP contribution in [0.25, 0.3) is 32.7 Å². The van der Waals surface area contributed by atoms with Crippen molar-refractivity contribution >= 4 is 32.9 Å². The summed E-state index contributed by atoms with van der Waals surface area (Å²) in [6, 6.07) is 31.2. The van der Waals surface area contributed by atoms with E-state index in [0.717, 1.165) is 45.4 Å². The number of hydrogen-bond acceptors (Lipinski definition) is 5. The number of rotatable bonds is 5. The van der Waals surface area contributed by atoms with Crippen LogP contribution in [-0.4, -0.2) is 17.1 Å². The fraction of sp³-hybridized carbons (Fsp3) is 0.0909. The van der Waals surface area contributed by atoms with Crippen molar-refractivity contribution in [3.8, 4) is 16.9 Å². The Hall–Kier alpha value is -4.90. The van der Waals surface area contributed by atoms with Gasteiger partial charge in [0, 0.05) is 40.5 Å². The van der Waals surface area contributed by atoms with Crippen LogP contribution in [-0.2, 0) is 6.54 Å². The molecule has 0 aliphatic heterocycles. The molecule has 2 heterocycles. The average molecular weight is 499 g/mol. The van der Waals surface area contributed by atoms with Gasteiger partial charge in [0.05, 0.1) is 30.9 Å². The van der Waals surface area contributed by atoms with E-state index in [4.69, 9.17) is 10.5 Å². The standard InChI is InChI=1S/C24H22N2O.C9H8N2/c1-17-13-20(11-12-24(17)27-2)19-9-7-18(8-10-19)14-26-23-16-25-15-21-5-3-4-6-22(21)23;10-9-6-11-5-7-3-1-2-4-8(7)9/h3-13,15-16,26H,14H2,1-2H3;1-6H,10H2. The van der Waals surface area contributed by atoms with Crippen LogP contribution in [0.5, 0.6) is 5.75 Å². The van der Waals surface area contributed by atoms with Crippen molar-refractivity contribution in [1.29, 1.82) is 0 Å². The molecule has 0 spiro atoms. The maximum absolute atomic E-state index is 5.69. The number of pyridine rings is 2. The minimum absolute atomic E-state index is 0.739. The highest BCUT2D eigenvalue weighted by Crippen LogP contribution is 2.27. The van der Waals surface area contributed by atoms with Crippen LogP contribution in [0.3, 0.4) is 0 Å². The van der Waals surface area contributed by atoms with E-state index in [-0.39, 0.29) is 0 Å². The van der Waals surface area contributed by atoms with E-state index >= 15 is 0 Å². The number of benzene rings is 4. The van der Waals surface area contributed by atoms with Gasteiger partial charge in [-0.1, -0.05) is 78.9 Å². The van der Waals surface area contributed by atoms with Crippen molar-refractivity contribution < 1.29 is 4.74 Å². The summed E-state index contributed by atoms with van der Waals surface area (Å²) in [5, 5.41) is 8.01. The molecule has 0 radical (unpaired) electrons. The normalized spacial score (nSPS) is 10.6. The van der Waals surface area contributed by atoms with Crippen molar-refractivity contribution in [3.63, 3.8) is 0 Å². The second kappa shape index (κ2) is 11.4. The van der Waals surface area contributed by atoms with E-state index in [2.05, 4.69) is 76.8 Å². The fourth-order valence-corrected chi connectivity index (χ4v) is 4.47. The predicted octanol–water partition coefficient (Wildman–Crippen LogP) is 7.65. The van der Waals surface area contributed by atoms with Gasteiger partial charge in [0.15, 0.2) is 0 Å². The quantitative estimate of drug-likeness (QED) is 0.255. The number of nitrogens with one attached hydrogen (secondary N) is 1. The number of aromatic nitrogens is 2. The van der Waals surface area contributed by atoms with E-state index in [0.29, 0.717) is 0 Å². The van der Waals surface area contributed by atoms with Crippen LogP contribution in [0.4, 0.5) is 11.4 Å². The zero-order valence-corrected chi connectivity index (χ0v) is 21.6. The Labute approximate surface area is 223 Å². The van der Waals surface area contributed by atoms with E-state index < -0.39 is 0 Å². The molecular weight excluding hydrogens is 468 g/mol. The van der Waals surface area contributed by atoms with E-state index in [1.165, 1.54) is 22.1 Å². The lowest BCUT2D eigenvalue weighted by Gasteiger charge is -2.11. The highest BCUT2D eigenvalue weighted by Gasteiger charge is 2.04. The molecule has 0 atom stereocenters. The summed E-state index contributed by atoms with van der Waals surface area (Å²) in [5.41, 5.74) is 12.3. The van der Waals surface area contributed by atoms with Crippen molar-refractivity contribution in [2.45, 2.75) is 13.5 Å². The Kier molecular flexibility index (Phi) is 7.46. The largest absolute Gasteiger partial charge is 0.496 e. The van der Waals surface area contributed by atoms with Gasteiger partial charge in [-0.2, -0.15) is 0 Å². The molecule has 5 heteroatoms. The molecule has 0 fully saturated rings. The molecule has 5 nitrogen and oxygen atoms in total. The van der Waals surface area contributed by atoms with E-state index in [1.807, 2.05) is 55.0 Å². The average Bonchev–Trinajstić information content (AvgIpc) is 2.97. The Morgan fingerprint density at radius 3 is 2.03 bits per heavy atom. The lowest BCUT2D eigenvalue weighted by molar-refractivity contribution is 0.412. The van der Waals surface area contributed by atoms with Crippen LogP contribution in [0.1, 0.15) is 11.1 Å². The van der Waals surface area contributed by atoms with Crippen LogP contribution < -0.4 is 15.8 Å². The molecule has 0 aliphatic carbocycles. The van der Waals surface area contributed by atoms with Gasteiger partial charge < -0.3 is 15.8 Å². The van der Waals surface area contributed by atoms with Gasteiger partial charge in [-0.05, 0) is 41.3 Å². The van der Waals surface area contributed by atoms with Gasteiger partial charge >= 0.3 is 0 Å². The van der Waals surface area contributed by atoms with Crippen molar-refractivity contribution in [3.05, 3.63) is 127 Å². The molecule has 0 bridgehead atoms. The van der Waals surface area contributed by atoms with Gasteiger partial charge in [0.2, 0.25) is 0 Å². The third-order valence-corrected chi connectivity index (χ3v) is 6.53. The lowest BCUT2D eigenvalue weighted by atomic mass is 10.0. The zero-order valence-electron chi connectivity index (χ0n) is 21.6. The summed E-state index contributed by atoms with van der Waals surface area (Å²) >= 11 is 0. The number of nitrogens with two attached hydrogens (primary N) is 1. The third kappa shape index (κ3) is 5.57. The minimum atomic E-state index is 0.739. The molecule has 0 saturated carbocycles. The van der Waals surface area contributed by atoms with Crippen molar-refractivity contribution in [1.82, 2.24) is 9.97 Å².